The van der Waals surface area contributed by atoms with E-state index in [1.165, 1.54) is 11.8 Å². The van der Waals surface area contributed by atoms with E-state index in [0.29, 0.717) is 21.8 Å². The van der Waals surface area contributed by atoms with Gasteiger partial charge in [-0.3, -0.25) is 14.2 Å². The zero-order chi connectivity index (χ0) is 23.4. The average Bonchev–Trinajstić information content (AvgIpc) is 2.82. The first-order chi connectivity index (χ1) is 15.9. The molecule has 0 saturated carbocycles. The fraction of sp³-hybridized carbons (Fsp3) is 0.120. The minimum Gasteiger partial charge on any atom is -0.508 e. The van der Waals surface area contributed by atoms with Crippen LogP contribution >= 0.6 is 11.8 Å². The van der Waals surface area contributed by atoms with Gasteiger partial charge in [0.1, 0.15) is 5.75 Å². The van der Waals surface area contributed by atoms with Crippen LogP contribution in [0.15, 0.2) is 87.8 Å². The van der Waals surface area contributed by atoms with Crippen molar-refractivity contribution in [3.8, 4) is 11.4 Å². The van der Waals surface area contributed by atoms with Gasteiger partial charge < -0.3 is 5.11 Å². The fourth-order valence-electron chi connectivity index (χ4n) is 3.31. The van der Waals surface area contributed by atoms with Crippen molar-refractivity contribution in [1.82, 2.24) is 15.0 Å². The second-order valence-corrected chi connectivity index (χ2v) is 8.35. The van der Waals surface area contributed by atoms with Crippen LogP contribution in [0.5, 0.6) is 5.75 Å². The summed E-state index contributed by atoms with van der Waals surface area (Å²) in [6, 6.07) is 21.3. The van der Waals surface area contributed by atoms with Crippen LogP contribution in [0.3, 0.4) is 0 Å². The molecule has 7 nitrogen and oxygen atoms in total. The van der Waals surface area contributed by atoms with Crippen molar-refractivity contribution < 1.29 is 9.90 Å². The predicted octanol–water partition coefficient (Wildman–Crippen LogP) is 4.03. The Bertz CT molecular complexity index is 1410. The lowest BCUT2D eigenvalue weighted by Gasteiger charge is -2.14. The summed E-state index contributed by atoms with van der Waals surface area (Å²) in [5, 5.41) is 14.5. The molecule has 4 aromatic rings. The molecule has 1 heterocycles. The molecule has 0 saturated heterocycles. The fourth-order valence-corrected chi connectivity index (χ4v) is 4.11. The van der Waals surface area contributed by atoms with E-state index in [2.05, 4.69) is 15.5 Å². The number of carbonyl (C=O) groups excluding carboxylic acids is 1. The lowest BCUT2D eigenvalue weighted by atomic mass is 10.1. The van der Waals surface area contributed by atoms with Gasteiger partial charge in [-0.15, -0.1) is 0 Å². The Labute approximate surface area is 194 Å². The van der Waals surface area contributed by atoms with Crippen molar-refractivity contribution in [2.24, 2.45) is 5.10 Å². The summed E-state index contributed by atoms with van der Waals surface area (Å²) in [4.78, 5) is 30.5. The highest BCUT2D eigenvalue weighted by Crippen LogP contribution is 2.23. The first kappa shape index (κ1) is 22.3. The summed E-state index contributed by atoms with van der Waals surface area (Å²) < 4.78 is 1.56. The minimum atomic E-state index is -0.322. The second-order valence-electron chi connectivity index (χ2n) is 7.41. The number of hydrogen-bond donors (Lipinski definition) is 2. The average molecular weight is 459 g/mol. The van der Waals surface area contributed by atoms with E-state index in [1.54, 1.807) is 47.9 Å². The molecule has 0 aliphatic carbocycles. The highest BCUT2D eigenvalue weighted by Gasteiger charge is 2.16. The van der Waals surface area contributed by atoms with Crippen molar-refractivity contribution in [1.29, 1.82) is 0 Å². The van der Waals surface area contributed by atoms with Gasteiger partial charge in [-0.2, -0.15) is 5.10 Å². The molecule has 4 rings (SSSR count). The number of aromatic nitrogens is 2. The number of amides is 1. The summed E-state index contributed by atoms with van der Waals surface area (Å²) in [6.45, 7) is 3.69. The van der Waals surface area contributed by atoms with E-state index >= 15 is 0 Å². The van der Waals surface area contributed by atoms with Gasteiger partial charge in [0, 0.05) is 0 Å². The molecule has 0 fully saturated rings. The Morgan fingerprint density at radius 1 is 1.06 bits per heavy atom. The Morgan fingerprint density at radius 2 is 1.76 bits per heavy atom. The first-order valence-electron chi connectivity index (χ1n) is 10.3. The number of hydrogen-bond acceptors (Lipinski definition) is 6. The highest BCUT2D eigenvalue weighted by atomic mass is 32.2. The van der Waals surface area contributed by atoms with Gasteiger partial charge in [0.05, 0.1) is 28.1 Å². The van der Waals surface area contributed by atoms with E-state index in [1.807, 2.05) is 43.3 Å². The lowest BCUT2D eigenvalue weighted by molar-refractivity contribution is -0.118. The van der Waals surface area contributed by atoms with Crippen molar-refractivity contribution in [2.45, 2.75) is 19.0 Å². The number of para-hydroxylation sites is 2. The smallest absolute Gasteiger partial charge is 0.266 e. The number of nitrogens with zero attached hydrogens (tertiary/aromatic N) is 3. The standard InChI is InChI=1S/C25H22N4O3S/c1-16-7-3-6-10-22(16)29-24(32)20-8-4-5-9-21(20)26-25(29)33-15-23(31)28-27-17(2)18-11-13-19(30)14-12-18/h3-14,30H,15H2,1-2H3,(H,28,31)/b27-17-. The van der Waals surface area contributed by atoms with Crippen LogP contribution in [0.1, 0.15) is 18.1 Å². The monoisotopic (exact) mass is 458 g/mol. The second kappa shape index (κ2) is 9.70. The van der Waals surface area contributed by atoms with Crippen molar-refractivity contribution >= 4 is 34.3 Å². The largest absolute Gasteiger partial charge is 0.508 e. The third-order valence-corrected chi connectivity index (χ3v) is 6.01. The minimum absolute atomic E-state index is 0.0308. The van der Waals surface area contributed by atoms with E-state index in [-0.39, 0.29) is 23.0 Å². The number of phenolic OH excluding ortho intramolecular Hbond substituents is 1. The molecule has 0 aliphatic heterocycles. The molecule has 3 aromatic carbocycles. The number of fused-ring (bicyclic) bond motifs is 1. The number of aryl methyl sites for hydroxylation is 1. The number of thioether (sulfide) groups is 1. The van der Waals surface area contributed by atoms with Crippen LogP contribution in [-0.2, 0) is 4.79 Å². The van der Waals surface area contributed by atoms with Gasteiger partial charge in [-0.1, -0.05) is 42.1 Å². The lowest BCUT2D eigenvalue weighted by Crippen LogP contribution is -2.25. The maximum atomic E-state index is 13.3. The van der Waals surface area contributed by atoms with E-state index in [0.717, 1.165) is 16.8 Å². The molecule has 0 unspecified atom stereocenters. The Morgan fingerprint density at radius 3 is 2.52 bits per heavy atom. The van der Waals surface area contributed by atoms with Gasteiger partial charge in [0.2, 0.25) is 0 Å². The first-order valence-corrected chi connectivity index (χ1v) is 11.3. The van der Waals surface area contributed by atoms with Crippen LogP contribution in [0.25, 0.3) is 16.6 Å². The molecular formula is C25H22N4O3S. The zero-order valence-electron chi connectivity index (χ0n) is 18.1. The maximum Gasteiger partial charge on any atom is 0.266 e. The molecule has 0 radical (unpaired) electrons. The van der Waals surface area contributed by atoms with Crippen LogP contribution in [0, 0.1) is 6.92 Å². The number of carbonyl (C=O) groups is 1. The molecule has 0 aliphatic rings. The van der Waals surface area contributed by atoms with Gasteiger partial charge in [0.25, 0.3) is 11.5 Å². The molecule has 2 N–H and O–H groups in total. The van der Waals surface area contributed by atoms with E-state index in [9.17, 15) is 14.7 Å². The molecule has 0 bridgehead atoms. The molecule has 166 valence electrons. The number of phenols is 1. The van der Waals surface area contributed by atoms with Crippen molar-refractivity contribution in [3.63, 3.8) is 0 Å². The predicted molar refractivity (Wildman–Crippen MR) is 131 cm³/mol. The molecule has 0 atom stereocenters. The van der Waals surface area contributed by atoms with Gasteiger partial charge >= 0.3 is 0 Å². The number of benzene rings is 3. The summed E-state index contributed by atoms with van der Waals surface area (Å²) in [5.41, 5.74) is 5.98. The van der Waals surface area contributed by atoms with Crippen LogP contribution in [0.2, 0.25) is 0 Å². The highest BCUT2D eigenvalue weighted by molar-refractivity contribution is 7.99. The van der Waals surface area contributed by atoms with Crippen LogP contribution in [-0.4, -0.2) is 32.0 Å². The van der Waals surface area contributed by atoms with Gasteiger partial charge in [-0.25, -0.2) is 10.4 Å². The molecule has 0 spiro atoms. The number of hydrazone groups is 1. The SMILES string of the molecule is C/C(=N/NC(=O)CSc1nc2ccccc2c(=O)n1-c1ccccc1C)c1ccc(O)cc1. The maximum absolute atomic E-state index is 13.3. The third kappa shape index (κ3) is 4.96. The number of nitrogens with one attached hydrogen (secondary N) is 1. The third-order valence-electron chi connectivity index (χ3n) is 5.07. The Balaban J connectivity index is 1.59. The zero-order valence-corrected chi connectivity index (χ0v) is 19.0. The molecule has 8 heteroatoms. The molecular weight excluding hydrogens is 436 g/mol. The normalized spacial score (nSPS) is 11.5. The molecule has 1 aromatic heterocycles. The van der Waals surface area contributed by atoms with Gasteiger partial charge in [-0.05, 0) is 67.4 Å². The van der Waals surface area contributed by atoms with Crippen molar-refractivity contribution in [3.05, 3.63) is 94.3 Å². The van der Waals surface area contributed by atoms with E-state index in [4.69, 9.17) is 0 Å². The van der Waals surface area contributed by atoms with Crippen LogP contribution < -0.4 is 11.0 Å². The summed E-state index contributed by atoms with van der Waals surface area (Å²) in [7, 11) is 0. The summed E-state index contributed by atoms with van der Waals surface area (Å²) in [5.74, 6) is -0.130. The molecule has 1 amide bonds. The Kier molecular flexibility index (Phi) is 6.55. The summed E-state index contributed by atoms with van der Waals surface area (Å²) in [6.07, 6.45) is 0. The van der Waals surface area contributed by atoms with Crippen LogP contribution in [0.4, 0.5) is 0 Å². The van der Waals surface area contributed by atoms with Crippen molar-refractivity contribution in [2.75, 3.05) is 5.75 Å². The molecule has 33 heavy (non-hydrogen) atoms. The number of rotatable bonds is 6. The van der Waals surface area contributed by atoms with E-state index < -0.39 is 0 Å². The van der Waals surface area contributed by atoms with Gasteiger partial charge in [0.15, 0.2) is 5.16 Å². The quantitative estimate of drug-likeness (QED) is 0.197. The topological polar surface area (TPSA) is 96.6 Å². The Hall–Kier alpha value is -3.91. The summed E-state index contributed by atoms with van der Waals surface area (Å²) >= 11 is 1.17. The number of aromatic hydroxyl groups is 1.